The molecule has 102 valence electrons. The number of aromatic nitrogens is 1. The maximum atomic E-state index is 5.61. The van der Waals surface area contributed by atoms with E-state index in [0.717, 1.165) is 37.6 Å². The summed E-state index contributed by atoms with van der Waals surface area (Å²) in [6, 6.07) is 6.10. The summed E-state index contributed by atoms with van der Waals surface area (Å²) < 4.78 is 0. The van der Waals surface area contributed by atoms with Gasteiger partial charge in [-0.15, -0.1) is 0 Å². The van der Waals surface area contributed by atoms with Crippen molar-refractivity contribution >= 4 is 0 Å². The van der Waals surface area contributed by atoms with Crippen LogP contribution in [-0.2, 0) is 13.1 Å². The van der Waals surface area contributed by atoms with E-state index in [2.05, 4.69) is 41.9 Å². The third kappa shape index (κ3) is 5.58. The minimum Gasteiger partial charge on any atom is -0.325 e. The molecule has 0 aromatic carbocycles. The van der Waals surface area contributed by atoms with Gasteiger partial charge in [0.15, 0.2) is 0 Å². The van der Waals surface area contributed by atoms with Crippen LogP contribution >= 0.6 is 0 Å². The Labute approximate surface area is 111 Å². The fourth-order valence-electron chi connectivity index (χ4n) is 1.92. The summed E-state index contributed by atoms with van der Waals surface area (Å²) in [6.45, 7) is 6.93. The molecule has 1 aromatic rings. The molecule has 0 bridgehead atoms. The zero-order valence-electron chi connectivity index (χ0n) is 11.9. The van der Waals surface area contributed by atoms with E-state index in [1.165, 1.54) is 6.42 Å². The van der Waals surface area contributed by atoms with Crippen molar-refractivity contribution in [3.8, 4) is 0 Å². The summed E-state index contributed by atoms with van der Waals surface area (Å²) in [7, 11) is 4.23. The molecular formula is C14H26N4. The van der Waals surface area contributed by atoms with Gasteiger partial charge in [0.2, 0.25) is 0 Å². The SMILES string of the molecule is CCN(CCCN(C)C)Cc1cccc(CN)n1. The fourth-order valence-corrected chi connectivity index (χ4v) is 1.92. The lowest BCUT2D eigenvalue weighted by Crippen LogP contribution is -2.27. The summed E-state index contributed by atoms with van der Waals surface area (Å²) in [4.78, 5) is 9.19. The Hall–Kier alpha value is -0.970. The monoisotopic (exact) mass is 250 g/mol. The highest BCUT2D eigenvalue weighted by molar-refractivity contribution is 5.10. The van der Waals surface area contributed by atoms with E-state index in [9.17, 15) is 0 Å². The highest BCUT2D eigenvalue weighted by atomic mass is 15.1. The standard InChI is InChI=1S/C14H26N4/c1-4-18(10-6-9-17(2)3)12-14-8-5-7-13(11-15)16-14/h5,7-8H,4,6,9-12,15H2,1-3H3. The highest BCUT2D eigenvalue weighted by Gasteiger charge is 2.05. The molecule has 2 N–H and O–H groups in total. The van der Waals surface area contributed by atoms with E-state index in [1.54, 1.807) is 0 Å². The van der Waals surface area contributed by atoms with Crippen molar-refractivity contribution in [2.24, 2.45) is 5.73 Å². The second-order valence-electron chi connectivity index (χ2n) is 4.85. The van der Waals surface area contributed by atoms with Gasteiger partial charge in [0.05, 0.1) is 11.4 Å². The van der Waals surface area contributed by atoms with Crippen LogP contribution in [0.15, 0.2) is 18.2 Å². The number of nitrogens with two attached hydrogens (primary N) is 1. The third-order valence-corrected chi connectivity index (χ3v) is 2.99. The predicted octanol–water partition coefficient (Wildman–Crippen LogP) is 1.31. The minimum atomic E-state index is 0.514. The summed E-state index contributed by atoms with van der Waals surface area (Å²) in [5.41, 5.74) is 7.70. The molecule has 4 heteroatoms. The average Bonchev–Trinajstić information content (AvgIpc) is 2.37. The molecule has 0 radical (unpaired) electrons. The van der Waals surface area contributed by atoms with Crippen molar-refractivity contribution in [1.29, 1.82) is 0 Å². The van der Waals surface area contributed by atoms with Crippen LogP contribution in [0.2, 0.25) is 0 Å². The van der Waals surface area contributed by atoms with Gasteiger partial charge in [-0.3, -0.25) is 9.88 Å². The molecule has 1 heterocycles. The Morgan fingerprint density at radius 2 is 1.89 bits per heavy atom. The highest BCUT2D eigenvalue weighted by Crippen LogP contribution is 2.04. The number of hydrogen-bond donors (Lipinski definition) is 1. The lowest BCUT2D eigenvalue weighted by atomic mass is 10.2. The van der Waals surface area contributed by atoms with Gasteiger partial charge < -0.3 is 10.6 Å². The van der Waals surface area contributed by atoms with Crippen molar-refractivity contribution in [3.63, 3.8) is 0 Å². The van der Waals surface area contributed by atoms with Gasteiger partial charge in [-0.05, 0) is 52.3 Å². The van der Waals surface area contributed by atoms with E-state index in [4.69, 9.17) is 5.73 Å². The van der Waals surface area contributed by atoms with E-state index < -0.39 is 0 Å². The van der Waals surface area contributed by atoms with Crippen LogP contribution in [0.4, 0.5) is 0 Å². The quantitative estimate of drug-likeness (QED) is 0.756. The fraction of sp³-hybridized carbons (Fsp3) is 0.643. The van der Waals surface area contributed by atoms with E-state index >= 15 is 0 Å². The van der Waals surface area contributed by atoms with Gasteiger partial charge in [0.1, 0.15) is 0 Å². The first-order chi connectivity index (χ1) is 8.65. The molecule has 0 aliphatic carbocycles. The van der Waals surface area contributed by atoms with Crippen molar-refractivity contribution in [1.82, 2.24) is 14.8 Å². The number of pyridine rings is 1. The van der Waals surface area contributed by atoms with Crippen LogP contribution < -0.4 is 5.73 Å². The van der Waals surface area contributed by atoms with E-state index in [1.807, 2.05) is 12.1 Å². The molecule has 1 rings (SSSR count). The first-order valence-corrected chi connectivity index (χ1v) is 6.67. The third-order valence-electron chi connectivity index (χ3n) is 2.99. The van der Waals surface area contributed by atoms with Gasteiger partial charge in [-0.25, -0.2) is 0 Å². The molecule has 0 saturated heterocycles. The van der Waals surface area contributed by atoms with Crippen LogP contribution in [0.5, 0.6) is 0 Å². The van der Waals surface area contributed by atoms with Crippen LogP contribution in [0.1, 0.15) is 24.7 Å². The van der Waals surface area contributed by atoms with Crippen molar-refractivity contribution < 1.29 is 0 Å². The first kappa shape index (κ1) is 15.1. The molecule has 0 spiro atoms. The summed E-state index contributed by atoms with van der Waals surface area (Å²) in [5.74, 6) is 0. The molecule has 0 fully saturated rings. The molecule has 0 atom stereocenters. The molecule has 1 aromatic heterocycles. The molecule has 0 aliphatic rings. The molecular weight excluding hydrogens is 224 g/mol. The Morgan fingerprint density at radius 3 is 2.50 bits per heavy atom. The summed E-state index contributed by atoms with van der Waals surface area (Å²) in [6.07, 6.45) is 1.19. The molecule has 4 nitrogen and oxygen atoms in total. The first-order valence-electron chi connectivity index (χ1n) is 6.67. The Bertz CT molecular complexity index is 338. The lowest BCUT2D eigenvalue weighted by molar-refractivity contribution is 0.256. The second kappa shape index (κ2) is 8.19. The average molecular weight is 250 g/mol. The summed E-state index contributed by atoms with van der Waals surface area (Å²) in [5, 5.41) is 0. The molecule has 0 aliphatic heterocycles. The zero-order valence-corrected chi connectivity index (χ0v) is 11.9. The molecule has 0 saturated carbocycles. The van der Waals surface area contributed by atoms with Gasteiger partial charge in [-0.2, -0.15) is 0 Å². The molecule has 0 unspecified atom stereocenters. The Kier molecular flexibility index (Phi) is 6.86. The topological polar surface area (TPSA) is 45.4 Å². The van der Waals surface area contributed by atoms with Gasteiger partial charge >= 0.3 is 0 Å². The maximum Gasteiger partial charge on any atom is 0.0547 e. The number of nitrogens with zero attached hydrogens (tertiary/aromatic N) is 3. The smallest absolute Gasteiger partial charge is 0.0547 e. The Balaban J connectivity index is 2.46. The Morgan fingerprint density at radius 1 is 1.17 bits per heavy atom. The largest absolute Gasteiger partial charge is 0.325 e. The molecule has 18 heavy (non-hydrogen) atoms. The van der Waals surface area contributed by atoms with Gasteiger partial charge in [0.25, 0.3) is 0 Å². The van der Waals surface area contributed by atoms with Gasteiger partial charge in [-0.1, -0.05) is 13.0 Å². The maximum absolute atomic E-state index is 5.61. The number of hydrogen-bond acceptors (Lipinski definition) is 4. The zero-order chi connectivity index (χ0) is 13.4. The minimum absolute atomic E-state index is 0.514. The van der Waals surface area contributed by atoms with Crippen molar-refractivity contribution in [3.05, 3.63) is 29.6 Å². The normalized spacial score (nSPS) is 11.4. The number of rotatable bonds is 8. The lowest BCUT2D eigenvalue weighted by Gasteiger charge is -2.21. The van der Waals surface area contributed by atoms with Crippen LogP contribution in [0, 0.1) is 0 Å². The summed E-state index contributed by atoms with van der Waals surface area (Å²) >= 11 is 0. The van der Waals surface area contributed by atoms with Crippen LogP contribution in [0.3, 0.4) is 0 Å². The van der Waals surface area contributed by atoms with E-state index in [0.29, 0.717) is 6.54 Å². The van der Waals surface area contributed by atoms with Crippen LogP contribution in [0.25, 0.3) is 0 Å². The van der Waals surface area contributed by atoms with Crippen LogP contribution in [-0.4, -0.2) is 48.5 Å². The predicted molar refractivity (Wildman–Crippen MR) is 76.3 cm³/mol. The van der Waals surface area contributed by atoms with Gasteiger partial charge in [0, 0.05) is 13.1 Å². The second-order valence-corrected chi connectivity index (χ2v) is 4.85. The van der Waals surface area contributed by atoms with E-state index in [-0.39, 0.29) is 0 Å². The van der Waals surface area contributed by atoms with Crippen molar-refractivity contribution in [2.75, 3.05) is 33.7 Å². The molecule has 0 amide bonds. The van der Waals surface area contributed by atoms with Crippen molar-refractivity contribution in [2.45, 2.75) is 26.4 Å².